The molecule has 4 rings (SSSR count). The third kappa shape index (κ3) is 5.52. The standard InChI is InChI=1S/C23H37N5O2/c1-2-24-23(28-10-8-21(17-28)27-11-13-30-14-12-27)25-15-22(29)18-26-9-7-19-5-3-4-6-20(19)16-26/h3-6,21-22,29H,2,7-18H2,1H3,(H,24,25). The molecule has 30 heavy (non-hydrogen) atoms. The van der Waals surface area contributed by atoms with Crippen LogP contribution in [-0.4, -0.2) is 103 Å². The molecule has 0 saturated carbocycles. The fraction of sp³-hybridized carbons (Fsp3) is 0.696. The number of hydrogen-bond acceptors (Lipinski definition) is 5. The Balaban J connectivity index is 1.28. The van der Waals surface area contributed by atoms with Gasteiger partial charge >= 0.3 is 0 Å². The molecule has 3 heterocycles. The van der Waals surface area contributed by atoms with Crippen LogP contribution < -0.4 is 5.32 Å². The van der Waals surface area contributed by atoms with Crippen LogP contribution >= 0.6 is 0 Å². The Morgan fingerprint density at radius 1 is 1.20 bits per heavy atom. The molecule has 0 spiro atoms. The average molecular weight is 416 g/mol. The van der Waals surface area contributed by atoms with Gasteiger partial charge in [0.15, 0.2) is 5.96 Å². The third-order valence-electron chi connectivity index (χ3n) is 6.49. The molecular weight excluding hydrogens is 378 g/mol. The van der Waals surface area contributed by atoms with Gasteiger partial charge in [0, 0.05) is 58.4 Å². The number of aliphatic imine (C=N–C) groups is 1. The summed E-state index contributed by atoms with van der Waals surface area (Å²) in [5.74, 6) is 0.941. The molecular formula is C23H37N5O2. The summed E-state index contributed by atoms with van der Waals surface area (Å²) in [6.07, 6.45) is 1.78. The quantitative estimate of drug-likeness (QED) is 0.529. The van der Waals surface area contributed by atoms with Crippen LogP contribution in [0.2, 0.25) is 0 Å². The number of fused-ring (bicyclic) bond motifs is 1. The SMILES string of the molecule is CCNC(=NCC(O)CN1CCc2ccccc2C1)N1CCC(N2CCOCC2)C1. The molecule has 2 atom stereocenters. The highest BCUT2D eigenvalue weighted by atomic mass is 16.5. The molecule has 3 aliphatic rings. The lowest BCUT2D eigenvalue weighted by Gasteiger charge is -2.32. The van der Waals surface area contributed by atoms with Gasteiger partial charge in [-0.15, -0.1) is 0 Å². The third-order valence-corrected chi connectivity index (χ3v) is 6.49. The fourth-order valence-electron chi connectivity index (χ4n) is 4.86. The number of likely N-dealkylation sites (tertiary alicyclic amines) is 1. The average Bonchev–Trinajstić information content (AvgIpc) is 3.27. The van der Waals surface area contributed by atoms with Gasteiger partial charge in [-0.25, -0.2) is 0 Å². The Hall–Kier alpha value is -1.67. The van der Waals surface area contributed by atoms with Gasteiger partial charge in [0.05, 0.1) is 25.9 Å². The molecule has 0 aromatic heterocycles. The summed E-state index contributed by atoms with van der Waals surface area (Å²) in [5.41, 5.74) is 2.83. The molecule has 0 bridgehead atoms. The predicted molar refractivity (Wildman–Crippen MR) is 120 cm³/mol. The lowest BCUT2D eigenvalue weighted by Crippen LogP contribution is -2.47. The Labute approximate surface area is 180 Å². The van der Waals surface area contributed by atoms with E-state index in [0.717, 1.165) is 71.4 Å². The summed E-state index contributed by atoms with van der Waals surface area (Å²) in [6.45, 7) is 11.8. The largest absolute Gasteiger partial charge is 0.390 e. The normalized spacial score (nSPS) is 24.7. The Morgan fingerprint density at radius 2 is 2.00 bits per heavy atom. The summed E-state index contributed by atoms with van der Waals surface area (Å²) in [7, 11) is 0. The first kappa shape index (κ1) is 21.6. The monoisotopic (exact) mass is 415 g/mol. The highest BCUT2D eigenvalue weighted by molar-refractivity contribution is 5.80. The molecule has 7 nitrogen and oxygen atoms in total. The second-order valence-corrected chi connectivity index (χ2v) is 8.64. The van der Waals surface area contributed by atoms with Gasteiger partial charge in [0.25, 0.3) is 0 Å². The number of benzene rings is 1. The maximum Gasteiger partial charge on any atom is 0.194 e. The van der Waals surface area contributed by atoms with Crippen molar-refractivity contribution >= 4 is 5.96 Å². The van der Waals surface area contributed by atoms with E-state index in [1.807, 2.05) is 0 Å². The molecule has 1 aromatic carbocycles. The Morgan fingerprint density at radius 3 is 2.80 bits per heavy atom. The first-order chi connectivity index (χ1) is 14.7. The number of β-amino-alcohol motifs (C(OH)–C–C–N with tert-alkyl or cyclic N) is 1. The minimum atomic E-state index is -0.443. The molecule has 166 valence electrons. The van der Waals surface area contributed by atoms with Crippen molar-refractivity contribution in [3.8, 4) is 0 Å². The van der Waals surface area contributed by atoms with Crippen LogP contribution in [0.4, 0.5) is 0 Å². The zero-order valence-corrected chi connectivity index (χ0v) is 18.3. The van der Waals surface area contributed by atoms with E-state index in [1.165, 1.54) is 17.5 Å². The van der Waals surface area contributed by atoms with Crippen LogP contribution in [0.25, 0.3) is 0 Å². The van der Waals surface area contributed by atoms with Crippen molar-refractivity contribution in [2.45, 2.75) is 38.5 Å². The van der Waals surface area contributed by atoms with Gasteiger partial charge in [-0.2, -0.15) is 0 Å². The molecule has 2 unspecified atom stereocenters. The van der Waals surface area contributed by atoms with Crippen molar-refractivity contribution in [1.29, 1.82) is 0 Å². The minimum absolute atomic E-state index is 0.443. The van der Waals surface area contributed by atoms with Crippen LogP contribution in [0.3, 0.4) is 0 Å². The maximum absolute atomic E-state index is 10.6. The molecule has 0 radical (unpaired) electrons. The van der Waals surface area contributed by atoms with E-state index < -0.39 is 6.10 Å². The van der Waals surface area contributed by atoms with E-state index in [2.05, 4.69) is 51.2 Å². The summed E-state index contributed by atoms with van der Waals surface area (Å²) >= 11 is 0. The highest BCUT2D eigenvalue weighted by Crippen LogP contribution is 2.19. The van der Waals surface area contributed by atoms with Crippen molar-refractivity contribution in [1.82, 2.24) is 20.0 Å². The van der Waals surface area contributed by atoms with Crippen LogP contribution in [0, 0.1) is 0 Å². The number of aliphatic hydroxyl groups excluding tert-OH is 1. The molecule has 1 aromatic rings. The molecule has 2 saturated heterocycles. The van der Waals surface area contributed by atoms with Crippen LogP contribution in [0.5, 0.6) is 0 Å². The van der Waals surface area contributed by atoms with Gasteiger partial charge in [-0.3, -0.25) is 14.8 Å². The van der Waals surface area contributed by atoms with E-state index in [0.29, 0.717) is 19.1 Å². The molecule has 2 fully saturated rings. The van der Waals surface area contributed by atoms with E-state index in [1.54, 1.807) is 0 Å². The second-order valence-electron chi connectivity index (χ2n) is 8.64. The zero-order chi connectivity index (χ0) is 20.8. The first-order valence-corrected chi connectivity index (χ1v) is 11.5. The van der Waals surface area contributed by atoms with Gasteiger partial charge in [-0.05, 0) is 30.9 Å². The lowest BCUT2D eigenvalue weighted by molar-refractivity contribution is 0.0194. The Kier molecular flexibility index (Phi) is 7.60. The number of morpholine rings is 1. The van der Waals surface area contributed by atoms with E-state index >= 15 is 0 Å². The number of aliphatic hydroxyl groups is 1. The number of nitrogens with one attached hydrogen (secondary N) is 1. The summed E-state index contributed by atoms with van der Waals surface area (Å²) < 4.78 is 5.50. The number of hydrogen-bond donors (Lipinski definition) is 2. The van der Waals surface area contributed by atoms with Crippen LogP contribution in [-0.2, 0) is 17.7 Å². The molecule has 3 aliphatic heterocycles. The summed E-state index contributed by atoms with van der Waals surface area (Å²) in [5, 5.41) is 14.1. The second kappa shape index (κ2) is 10.6. The molecule has 0 aliphatic carbocycles. The van der Waals surface area contributed by atoms with E-state index in [4.69, 9.17) is 9.73 Å². The fourth-order valence-corrected chi connectivity index (χ4v) is 4.86. The molecule has 7 heteroatoms. The van der Waals surface area contributed by atoms with Gasteiger partial charge in [-0.1, -0.05) is 24.3 Å². The molecule has 2 N–H and O–H groups in total. The first-order valence-electron chi connectivity index (χ1n) is 11.5. The zero-order valence-electron chi connectivity index (χ0n) is 18.3. The predicted octanol–water partition coefficient (Wildman–Crippen LogP) is 0.778. The van der Waals surface area contributed by atoms with Crippen molar-refractivity contribution in [2.75, 3.05) is 65.6 Å². The smallest absolute Gasteiger partial charge is 0.194 e. The molecule has 0 amide bonds. The lowest BCUT2D eigenvalue weighted by atomic mass is 10.00. The van der Waals surface area contributed by atoms with Crippen molar-refractivity contribution in [3.05, 3.63) is 35.4 Å². The summed E-state index contributed by atoms with van der Waals surface area (Å²) in [4.78, 5) is 12.0. The number of guanidine groups is 1. The highest BCUT2D eigenvalue weighted by Gasteiger charge is 2.30. The van der Waals surface area contributed by atoms with Crippen molar-refractivity contribution in [3.63, 3.8) is 0 Å². The van der Waals surface area contributed by atoms with E-state index in [-0.39, 0.29) is 0 Å². The number of rotatable bonds is 6. The van der Waals surface area contributed by atoms with Gasteiger partial charge in [0.2, 0.25) is 0 Å². The Bertz CT molecular complexity index is 707. The van der Waals surface area contributed by atoms with Crippen LogP contribution in [0.15, 0.2) is 29.3 Å². The van der Waals surface area contributed by atoms with Crippen LogP contribution in [0.1, 0.15) is 24.5 Å². The van der Waals surface area contributed by atoms with Gasteiger partial charge in [0.1, 0.15) is 0 Å². The maximum atomic E-state index is 10.6. The summed E-state index contributed by atoms with van der Waals surface area (Å²) in [6, 6.07) is 9.22. The number of ether oxygens (including phenoxy) is 1. The van der Waals surface area contributed by atoms with Gasteiger partial charge < -0.3 is 20.1 Å². The van der Waals surface area contributed by atoms with Crippen molar-refractivity contribution in [2.24, 2.45) is 4.99 Å². The van der Waals surface area contributed by atoms with E-state index in [9.17, 15) is 5.11 Å². The number of nitrogens with zero attached hydrogens (tertiary/aromatic N) is 4. The minimum Gasteiger partial charge on any atom is -0.390 e. The van der Waals surface area contributed by atoms with Crippen molar-refractivity contribution < 1.29 is 9.84 Å². The topological polar surface area (TPSA) is 63.6 Å².